The smallest absolute Gasteiger partial charge is 0.276 e. The number of carbonyl (C=O) groups is 2. The van der Waals surface area contributed by atoms with Crippen molar-refractivity contribution in [1.29, 1.82) is 0 Å². The van der Waals surface area contributed by atoms with E-state index >= 15 is 0 Å². The second kappa shape index (κ2) is 8.57. The molecule has 7 heteroatoms. The second-order valence-corrected chi connectivity index (χ2v) is 5.69. The van der Waals surface area contributed by atoms with Crippen molar-refractivity contribution in [1.82, 2.24) is 5.32 Å². The summed E-state index contributed by atoms with van der Waals surface area (Å²) in [6, 6.07) is 13.0. The van der Waals surface area contributed by atoms with Gasteiger partial charge >= 0.3 is 0 Å². The van der Waals surface area contributed by atoms with Gasteiger partial charge in [-0.3, -0.25) is 19.7 Å². The Morgan fingerprint density at radius 3 is 2.58 bits per heavy atom. The van der Waals surface area contributed by atoms with Gasteiger partial charge in [0.2, 0.25) is 11.8 Å². The van der Waals surface area contributed by atoms with E-state index in [9.17, 15) is 19.7 Å². The van der Waals surface area contributed by atoms with E-state index in [-0.39, 0.29) is 23.5 Å². The topological polar surface area (TPSA) is 101 Å². The normalized spacial score (nSPS) is 11.8. The van der Waals surface area contributed by atoms with Crippen LogP contribution in [-0.2, 0) is 9.59 Å². The van der Waals surface area contributed by atoms with Crippen molar-refractivity contribution in [3.8, 4) is 0 Å². The molecule has 2 rings (SSSR count). The minimum atomic E-state index is -0.492. The number of anilines is 1. The summed E-state index contributed by atoms with van der Waals surface area (Å²) < 4.78 is 0. The van der Waals surface area contributed by atoms with Crippen molar-refractivity contribution in [3.63, 3.8) is 0 Å². The summed E-state index contributed by atoms with van der Waals surface area (Å²) in [5.41, 5.74) is 1.76. The first-order chi connectivity index (χ1) is 12.4. The van der Waals surface area contributed by atoms with E-state index in [2.05, 4.69) is 10.6 Å². The summed E-state index contributed by atoms with van der Waals surface area (Å²) >= 11 is 0. The van der Waals surface area contributed by atoms with Gasteiger partial charge in [-0.25, -0.2) is 0 Å². The molecule has 134 valence electrons. The van der Waals surface area contributed by atoms with Gasteiger partial charge in [0.1, 0.15) is 0 Å². The van der Waals surface area contributed by atoms with E-state index in [1.54, 1.807) is 36.4 Å². The van der Waals surface area contributed by atoms with Crippen molar-refractivity contribution >= 4 is 29.3 Å². The largest absolute Gasteiger partial charge is 0.346 e. The summed E-state index contributed by atoms with van der Waals surface area (Å²) in [5.74, 6) is -0.549. The van der Waals surface area contributed by atoms with Gasteiger partial charge in [-0.05, 0) is 36.8 Å². The molecule has 0 radical (unpaired) electrons. The van der Waals surface area contributed by atoms with Crippen molar-refractivity contribution in [2.24, 2.45) is 0 Å². The minimum Gasteiger partial charge on any atom is -0.346 e. The third-order valence-corrected chi connectivity index (χ3v) is 3.61. The van der Waals surface area contributed by atoms with Crippen molar-refractivity contribution in [2.45, 2.75) is 19.9 Å². The van der Waals surface area contributed by atoms with Crippen LogP contribution in [0.5, 0.6) is 0 Å². The number of hydrogen-bond acceptors (Lipinski definition) is 4. The molecule has 0 aliphatic rings. The van der Waals surface area contributed by atoms with Gasteiger partial charge in [0, 0.05) is 24.8 Å². The first kappa shape index (κ1) is 18.9. The summed E-state index contributed by atoms with van der Waals surface area (Å²) in [5, 5.41) is 16.5. The lowest BCUT2D eigenvalue weighted by Gasteiger charge is -2.14. The molecule has 0 heterocycles. The highest BCUT2D eigenvalue weighted by atomic mass is 16.6. The van der Waals surface area contributed by atoms with E-state index in [0.717, 1.165) is 5.56 Å². The molecule has 7 nitrogen and oxygen atoms in total. The van der Waals surface area contributed by atoms with Gasteiger partial charge in [-0.2, -0.15) is 0 Å². The van der Waals surface area contributed by atoms with E-state index in [0.29, 0.717) is 11.3 Å². The van der Waals surface area contributed by atoms with E-state index < -0.39 is 4.92 Å². The number of rotatable bonds is 6. The van der Waals surface area contributed by atoms with Crippen LogP contribution in [0.2, 0.25) is 0 Å². The molecular formula is C19H19N3O4. The van der Waals surface area contributed by atoms with Crippen LogP contribution in [0.1, 0.15) is 31.0 Å². The SMILES string of the molecule is CC(=O)Nc1cccc([C@@H](C)NC(=O)/C=C/c2ccccc2[N+](=O)[O-])c1. The molecule has 0 fully saturated rings. The predicted octanol–water partition coefficient (Wildman–Crippen LogP) is 3.44. The molecule has 0 bridgehead atoms. The molecule has 0 spiro atoms. The Labute approximate surface area is 150 Å². The van der Waals surface area contributed by atoms with E-state index in [4.69, 9.17) is 0 Å². The van der Waals surface area contributed by atoms with Crippen LogP contribution >= 0.6 is 0 Å². The van der Waals surface area contributed by atoms with Gasteiger partial charge in [-0.1, -0.05) is 24.3 Å². The Morgan fingerprint density at radius 2 is 1.88 bits per heavy atom. The number of nitrogens with zero attached hydrogens (tertiary/aromatic N) is 1. The maximum atomic E-state index is 12.1. The van der Waals surface area contributed by atoms with Crippen molar-refractivity contribution in [3.05, 3.63) is 75.8 Å². The Bertz CT molecular complexity index is 861. The maximum absolute atomic E-state index is 12.1. The van der Waals surface area contributed by atoms with Crippen molar-refractivity contribution in [2.75, 3.05) is 5.32 Å². The first-order valence-corrected chi connectivity index (χ1v) is 7.96. The lowest BCUT2D eigenvalue weighted by atomic mass is 10.1. The average molecular weight is 353 g/mol. The minimum absolute atomic E-state index is 0.0624. The zero-order valence-corrected chi connectivity index (χ0v) is 14.4. The summed E-state index contributed by atoms with van der Waals surface area (Å²) in [4.78, 5) is 33.7. The second-order valence-electron chi connectivity index (χ2n) is 5.69. The van der Waals surface area contributed by atoms with Gasteiger partial charge < -0.3 is 10.6 Å². The zero-order chi connectivity index (χ0) is 19.1. The molecule has 2 aromatic rings. The maximum Gasteiger partial charge on any atom is 0.276 e. The standard InChI is InChI=1S/C19H19N3O4/c1-13(16-7-5-8-17(12-16)21-14(2)23)20-19(24)11-10-15-6-3-4-9-18(15)22(25)26/h3-13H,1-2H3,(H,20,24)(H,21,23)/b11-10+/t13-/m1/s1. The molecule has 26 heavy (non-hydrogen) atoms. The first-order valence-electron chi connectivity index (χ1n) is 7.96. The van der Waals surface area contributed by atoms with Crippen molar-refractivity contribution < 1.29 is 14.5 Å². The third-order valence-electron chi connectivity index (χ3n) is 3.61. The number of nitrogens with one attached hydrogen (secondary N) is 2. The molecule has 2 aromatic carbocycles. The number of nitro groups is 1. The van der Waals surface area contributed by atoms with Gasteiger partial charge in [0.05, 0.1) is 16.5 Å². The molecule has 2 N–H and O–H groups in total. The number of amides is 2. The predicted molar refractivity (Wildman–Crippen MR) is 99.4 cm³/mol. The number of carbonyl (C=O) groups excluding carboxylic acids is 2. The molecule has 0 saturated heterocycles. The highest BCUT2D eigenvalue weighted by molar-refractivity contribution is 5.92. The Balaban J connectivity index is 2.06. The molecule has 0 aliphatic heterocycles. The molecule has 0 unspecified atom stereocenters. The van der Waals surface area contributed by atoms with Gasteiger partial charge in [0.25, 0.3) is 5.69 Å². The molecule has 0 aliphatic carbocycles. The number of benzene rings is 2. The number of nitro benzene ring substituents is 1. The molecule has 0 aromatic heterocycles. The number of hydrogen-bond donors (Lipinski definition) is 2. The molecular weight excluding hydrogens is 334 g/mol. The van der Waals surface area contributed by atoms with Crippen LogP contribution < -0.4 is 10.6 Å². The monoisotopic (exact) mass is 353 g/mol. The highest BCUT2D eigenvalue weighted by Crippen LogP contribution is 2.20. The Kier molecular flexibility index (Phi) is 6.21. The van der Waals surface area contributed by atoms with Crippen LogP contribution in [0.15, 0.2) is 54.6 Å². The third kappa shape index (κ3) is 5.27. The van der Waals surface area contributed by atoms with Gasteiger partial charge in [0.15, 0.2) is 0 Å². The summed E-state index contributed by atoms with van der Waals surface area (Å²) in [6.07, 6.45) is 2.67. The highest BCUT2D eigenvalue weighted by Gasteiger charge is 2.11. The number of para-hydroxylation sites is 1. The lowest BCUT2D eigenvalue weighted by Crippen LogP contribution is -2.24. The fourth-order valence-electron chi connectivity index (χ4n) is 2.39. The quantitative estimate of drug-likeness (QED) is 0.472. The molecule has 1 atom stereocenters. The van der Waals surface area contributed by atoms with E-state index in [1.165, 1.54) is 25.1 Å². The zero-order valence-electron chi connectivity index (χ0n) is 14.4. The fourth-order valence-corrected chi connectivity index (χ4v) is 2.39. The molecule has 0 saturated carbocycles. The lowest BCUT2D eigenvalue weighted by molar-refractivity contribution is -0.385. The summed E-state index contributed by atoms with van der Waals surface area (Å²) in [6.45, 7) is 3.23. The van der Waals surface area contributed by atoms with Gasteiger partial charge in [-0.15, -0.1) is 0 Å². The van der Waals surface area contributed by atoms with Crippen LogP contribution in [0.4, 0.5) is 11.4 Å². The Morgan fingerprint density at radius 1 is 1.15 bits per heavy atom. The van der Waals surface area contributed by atoms with Crippen LogP contribution in [0, 0.1) is 10.1 Å². The van der Waals surface area contributed by atoms with Crippen LogP contribution in [-0.4, -0.2) is 16.7 Å². The average Bonchev–Trinajstić information content (AvgIpc) is 2.59. The molecule has 2 amide bonds. The van der Waals surface area contributed by atoms with Crippen LogP contribution in [0.25, 0.3) is 6.08 Å². The fraction of sp³-hybridized carbons (Fsp3) is 0.158. The van der Waals surface area contributed by atoms with E-state index in [1.807, 2.05) is 13.0 Å². The summed E-state index contributed by atoms with van der Waals surface area (Å²) in [7, 11) is 0. The Hall–Kier alpha value is -3.48. The van der Waals surface area contributed by atoms with Crippen LogP contribution in [0.3, 0.4) is 0 Å².